The molecule has 0 bridgehead atoms. The number of thiophene rings is 1. The molecule has 2 aromatic heterocycles. The molecule has 2 aliphatic rings. The van der Waals surface area contributed by atoms with E-state index in [-0.39, 0.29) is 24.0 Å². The van der Waals surface area contributed by atoms with Crippen molar-refractivity contribution in [1.82, 2.24) is 30.3 Å². The van der Waals surface area contributed by atoms with Crippen molar-refractivity contribution in [3.63, 3.8) is 0 Å². The summed E-state index contributed by atoms with van der Waals surface area (Å²) in [6, 6.07) is 2.57. The highest BCUT2D eigenvalue weighted by Crippen LogP contribution is 2.23. The Balaban J connectivity index is 0.00000240. The lowest BCUT2D eigenvalue weighted by Crippen LogP contribution is -2.48. The first-order valence-electron chi connectivity index (χ1n) is 9.91. The van der Waals surface area contributed by atoms with Crippen molar-refractivity contribution in [2.24, 2.45) is 4.99 Å². The molecule has 2 aliphatic heterocycles. The van der Waals surface area contributed by atoms with Crippen LogP contribution in [0, 0.1) is 0 Å². The van der Waals surface area contributed by atoms with E-state index >= 15 is 0 Å². The van der Waals surface area contributed by atoms with Crippen molar-refractivity contribution in [3.05, 3.63) is 33.5 Å². The van der Waals surface area contributed by atoms with E-state index < -0.39 is 0 Å². The maximum atomic E-state index is 5.14. The summed E-state index contributed by atoms with van der Waals surface area (Å²) < 4.78 is 7.13. The molecule has 0 saturated heterocycles. The second-order valence-corrected chi connectivity index (χ2v) is 8.33. The molecule has 160 valence electrons. The van der Waals surface area contributed by atoms with Gasteiger partial charge in [0.1, 0.15) is 12.4 Å². The van der Waals surface area contributed by atoms with Crippen LogP contribution in [0.4, 0.5) is 0 Å². The molecular formula is C19H30IN7OS. The largest absolute Gasteiger partial charge is 0.377 e. The zero-order valence-corrected chi connectivity index (χ0v) is 20.2. The molecule has 2 N–H and O–H groups in total. The number of aryl methyl sites for hydroxylation is 1. The van der Waals surface area contributed by atoms with Crippen molar-refractivity contribution >= 4 is 41.3 Å². The lowest BCUT2D eigenvalue weighted by molar-refractivity contribution is 0.177. The minimum absolute atomic E-state index is 0. The van der Waals surface area contributed by atoms with Crippen LogP contribution in [0.25, 0.3) is 0 Å². The Kier molecular flexibility index (Phi) is 8.27. The van der Waals surface area contributed by atoms with E-state index in [0.29, 0.717) is 12.6 Å². The van der Waals surface area contributed by atoms with E-state index in [0.717, 1.165) is 63.2 Å². The van der Waals surface area contributed by atoms with Gasteiger partial charge < -0.3 is 15.4 Å². The van der Waals surface area contributed by atoms with Crippen LogP contribution in [0.5, 0.6) is 0 Å². The van der Waals surface area contributed by atoms with Crippen LogP contribution >= 0.6 is 35.3 Å². The molecule has 0 amide bonds. The summed E-state index contributed by atoms with van der Waals surface area (Å²) in [4.78, 5) is 13.0. The standard InChI is InChI=1S/C19H29N7OS.HI/c1-20-19(21-7-9-25-8-5-16-14(11-25)6-10-28-16)22-15-3-4-18-23-17(13-27-2)24-26(18)12-15;/h6,10,15H,3-5,7-9,11-13H2,1-2H3,(H2,20,21,22);1H. The molecule has 10 heteroatoms. The number of guanidine groups is 1. The number of ether oxygens (including phenoxy) is 1. The maximum Gasteiger partial charge on any atom is 0.191 e. The van der Waals surface area contributed by atoms with E-state index in [4.69, 9.17) is 4.74 Å². The Hall–Kier alpha value is -1.24. The van der Waals surface area contributed by atoms with E-state index in [9.17, 15) is 0 Å². The summed E-state index contributed by atoms with van der Waals surface area (Å²) >= 11 is 1.89. The lowest BCUT2D eigenvalue weighted by atomic mass is 10.1. The fourth-order valence-electron chi connectivity index (χ4n) is 3.89. The topological polar surface area (TPSA) is 79.6 Å². The Bertz CT molecular complexity index is 821. The van der Waals surface area contributed by atoms with Crippen molar-refractivity contribution < 1.29 is 4.74 Å². The second-order valence-electron chi connectivity index (χ2n) is 7.33. The first-order chi connectivity index (χ1) is 13.7. The molecule has 0 spiro atoms. The Morgan fingerprint density at radius 3 is 3.14 bits per heavy atom. The van der Waals surface area contributed by atoms with Crippen molar-refractivity contribution in [2.45, 2.75) is 45.0 Å². The summed E-state index contributed by atoms with van der Waals surface area (Å²) in [5.74, 6) is 2.67. The number of halogens is 1. The van der Waals surface area contributed by atoms with E-state index in [1.807, 2.05) is 23.1 Å². The predicted octanol–water partition coefficient (Wildman–Crippen LogP) is 1.64. The third-order valence-corrected chi connectivity index (χ3v) is 6.37. The molecule has 4 rings (SSSR count). The van der Waals surface area contributed by atoms with E-state index in [1.165, 1.54) is 12.0 Å². The number of aromatic nitrogens is 3. The number of nitrogens with one attached hydrogen (secondary N) is 2. The van der Waals surface area contributed by atoms with Gasteiger partial charge in [0, 0.05) is 57.7 Å². The molecule has 8 nitrogen and oxygen atoms in total. The molecule has 0 aliphatic carbocycles. The first kappa shape index (κ1) is 22.4. The zero-order chi connectivity index (χ0) is 19.3. The van der Waals surface area contributed by atoms with Crippen LogP contribution in [0.3, 0.4) is 0 Å². The van der Waals surface area contributed by atoms with Crippen LogP contribution in [-0.4, -0.2) is 65.5 Å². The minimum atomic E-state index is 0. The predicted molar refractivity (Wildman–Crippen MR) is 126 cm³/mol. The summed E-state index contributed by atoms with van der Waals surface area (Å²) in [5, 5.41) is 13.8. The Morgan fingerprint density at radius 2 is 2.31 bits per heavy atom. The van der Waals surface area contributed by atoms with Crippen LogP contribution in [0.1, 0.15) is 28.5 Å². The third kappa shape index (κ3) is 5.68. The van der Waals surface area contributed by atoms with Gasteiger partial charge in [0.25, 0.3) is 0 Å². The molecule has 4 heterocycles. The summed E-state index contributed by atoms with van der Waals surface area (Å²) in [5.41, 5.74) is 1.50. The zero-order valence-electron chi connectivity index (χ0n) is 17.1. The average Bonchev–Trinajstić information content (AvgIpc) is 3.32. The van der Waals surface area contributed by atoms with Gasteiger partial charge in [-0.1, -0.05) is 0 Å². The number of nitrogens with zero attached hydrogens (tertiary/aromatic N) is 5. The number of aliphatic imine (C=N–C) groups is 1. The first-order valence-corrected chi connectivity index (χ1v) is 10.8. The fraction of sp³-hybridized carbons (Fsp3) is 0.632. The van der Waals surface area contributed by atoms with Crippen LogP contribution in [0.2, 0.25) is 0 Å². The average molecular weight is 531 g/mol. The molecule has 0 fully saturated rings. The maximum absolute atomic E-state index is 5.14. The minimum Gasteiger partial charge on any atom is -0.377 e. The molecule has 1 atom stereocenters. The van der Waals surface area contributed by atoms with Crippen molar-refractivity contribution in [2.75, 3.05) is 33.8 Å². The highest BCUT2D eigenvalue weighted by molar-refractivity contribution is 14.0. The molecule has 0 aromatic carbocycles. The number of fused-ring (bicyclic) bond motifs is 2. The normalized spacial score (nSPS) is 19.2. The van der Waals surface area contributed by atoms with Gasteiger partial charge in [-0.3, -0.25) is 9.89 Å². The molecule has 0 saturated carbocycles. The van der Waals surface area contributed by atoms with Crippen molar-refractivity contribution in [3.8, 4) is 0 Å². The van der Waals surface area contributed by atoms with Gasteiger partial charge in [-0.25, -0.2) is 9.67 Å². The highest BCUT2D eigenvalue weighted by Gasteiger charge is 2.22. The van der Waals surface area contributed by atoms with Gasteiger partial charge in [0.2, 0.25) is 0 Å². The smallest absolute Gasteiger partial charge is 0.191 e. The van der Waals surface area contributed by atoms with Gasteiger partial charge >= 0.3 is 0 Å². The van der Waals surface area contributed by atoms with E-state index in [2.05, 4.69) is 42.1 Å². The van der Waals surface area contributed by atoms with Crippen molar-refractivity contribution in [1.29, 1.82) is 0 Å². The van der Waals surface area contributed by atoms with Gasteiger partial charge in [0.15, 0.2) is 11.8 Å². The highest BCUT2D eigenvalue weighted by atomic mass is 127. The van der Waals surface area contributed by atoms with Gasteiger partial charge in [-0.15, -0.1) is 35.3 Å². The monoisotopic (exact) mass is 531 g/mol. The quantitative estimate of drug-likeness (QED) is 0.336. The fourth-order valence-corrected chi connectivity index (χ4v) is 4.78. The second kappa shape index (κ2) is 10.7. The van der Waals surface area contributed by atoms with Gasteiger partial charge in [-0.05, 0) is 29.9 Å². The number of hydrogen-bond donors (Lipinski definition) is 2. The molecule has 1 unspecified atom stereocenters. The van der Waals surface area contributed by atoms with Crippen LogP contribution in [-0.2, 0) is 37.3 Å². The third-order valence-electron chi connectivity index (χ3n) is 5.35. The van der Waals surface area contributed by atoms with E-state index in [1.54, 1.807) is 12.0 Å². The lowest BCUT2D eigenvalue weighted by Gasteiger charge is -2.28. The molecule has 29 heavy (non-hydrogen) atoms. The van der Waals surface area contributed by atoms with Gasteiger partial charge in [0.05, 0.1) is 6.54 Å². The number of rotatable bonds is 6. The summed E-state index contributed by atoms with van der Waals surface area (Å²) in [6.45, 7) is 5.38. The van der Waals surface area contributed by atoms with Crippen LogP contribution < -0.4 is 10.6 Å². The summed E-state index contributed by atoms with van der Waals surface area (Å²) in [7, 11) is 3.50. The molecular weight excluding hydrogens is 501 g/mol. The SMILES string of the molecule is CN=C(NCCN1CCc2sccc2C1)NC1CCc2nc(COC)nn2C1.I. The molecule has 0 radical (unpaired) electrons. The van der Waals surface area contributed by atoms with Crippen LogP contribution in [0.15, 0.2) is 16.4 Å². The molecule has 2 aromatic rings. The number of methoxy groups -OCH3 is 1. The Morgan fingerprint density at radius 1 is 1.41 bits per heavy atom. The number of hydrogen-bond acceptors (Lipinski definition) is 6. The summed E-state index contributed by atoms with van der Waals surface area (Å²) in [6.07, 6.45) is 3.12. The van der Waals surface area contributed by atoms with Gasteiger partial charge in [-0.2, -0.15) is 5.10 Å². The Labute approximate surface area is 193 Å².